The topological polar surface area (TPSA) is 87.1 Å². The minimum atomic E-state index is -0.667. The Morgan fingerprint density at radius 1 is 1.16 bits per heavy atom. The summed E-state index contributed by atoms with van der Waals surface area (Å²) in [7, 11) is 0. The van der Waals surface area contributed by atoms with Crippen molar-refractivity contribution in [2.24, 2.45) is 0 Å². The average Bonchev–Trinajstić information content (AvgIpc) is 2.74. The van der Waals surface area contributed by atoms with Crippen LogP contribution in [0.5, 0.6) is 0 Å². The number of rotatable bonds is 7. The van der Waals surface area contributed by atoms with E-state index in [1.165, 1.54) is 24.4 Å². The number of hydrogen-bond acceptors (Lipinski definition) is 5. The maximum Gasteiger partial charge on any atom is 0.255 e. The third-order valence-electron chi connectivity index (χ3n) is 4.65. The summed E-state index contributed by atoms with van der Waals surface area (Å²) in [5.74, 6) is -0.664. The first kappa shape index (κ1) is 22.7. The third-order valence-corrected chi connectivity index (χ3v) is 4.89. The van der Waals surface area contributed by atoms with Crippen LogP contribution in [-0.4, -0.2) is 33.6 Å². The number of aliphatic hydroxyl groups is 1. The molecule has 0 saturated carbocycles. The van der Waals surface area contributed by atoms with Crippen molar-refractivity contribution in [2.75, 3.05) is 11.9 Å². The summed E-state index contributed by atoms with van der Waals surface area (Å²) in [6, 6.07) is 7.73. The van der Waals surface area contributed by atoms with Crippen LogP contribution >= 0.6 is 11.6 Å². The first-order chi connectivity index (χ1) is 14.8. The van der Waals surface area contributed by atoms with Gasteiger partial charge in [-0.3, -0.25) is 14.8 Å². The van der Waals surface area contributed by atoms with Crippen LogP contribution in [0.15, 0.2) is 48.9 Å². The molecule has 2 aromatic heterocycles. The number of benzene rings is 1. The highest BCUT2D eigenvalue weighted by molar-refractivity contribution is 6.30. The van der Waals surface area contributed by atoms with Gasteiger partial charge in [0, 0.05) is 41.4 Å². The van der Waals surface area contributed by atoms with Gasteiger partial charge in [-0.1, -0.05) is 25.4 Å². The summed E-state index contributed by atoms with van der Waals surface area (Å²) in [6.45, 7) is 5.75. The number of nitrogens with zero attached hydrogens (tertiary/aromatic N) is 2. The van der Waals surface area contributed by atoms with Crippen molar-refractivity contribution in [1.82, 2.24) is 15.3 Å². The average molecular weight is 443 g/mol. The minimum absolute atomic E-state index is 0.123. The van der Waals surface area contributed by atoms with Gasteiger partial charge < -0.3 is 15.7 Å². The van der Waals surface area contributed by atoms with Crippen LogP contribution in [0.1, 0.15) is 42.6 Å². The first-order valence-electron chi connectivity index (χ1n) is 9.89. The fraction of sp³-hybridized carbons (Fsp3) is 0.261. The minimum Gasteiger partial charge on any atom is -0.392 e. The van der Waals surface area contributed by atoms with Crippen LogP contribution in [0, 0.1) is 5.82 Å². The second kappa shape index (κ2) is 9.85. The Balaban J connectivity index is 2.01. The number of aliphatic hydroxyl groups excluding tert-OH is 1. The highest BCUT2D eigenvalue weighted by atomic mass is 35.5. The normalized spacial score (nSPS) is 12.0. The third kappa shape index (κ3) is 5.57. The fourth-order valence-electron chi connectivity index (χ4n) is 3.04. The van der Waals surface area contributed by atoms with Crippen LogP contribution in [0.2, 0.25) is 5.02 Å². The molecule has 31 heavy (non-hydrogen) atoms. The molecule has 3 N–H and O–H groups in total. The summed E-state index contributed by atoms with van der Waals surface area (Å²) < 4.78 is 14.4. The Bertz CT molecular complexity index is 1090. The largest absolute Gasteiger partial charge is 0.392 e. The zero-order chi connectivity index (χ0) is 22.5. The summed E-state index contributed by atoms with van der Waals surface area (Å²) in [6.07, 6.45) is 4.05. The molecule has 8 heteroatoms. The zero-order valence-electron chi connectivity index (χ0n) is 17.5. The Labute approximate surface area is 185 Å². The van der Waals surface area contributed by atoms with Crippen LogP contribution in [-0.2, 0) is 0 Å². The van der Waals surface area contributed by atoms with Crippen molar-refractivity contribution in [2.45, 2.75) is 32.8 Å². The molecule has 0 aliphatic heterocycles. The molecule has 1 aromatic carbocycles. The molecule has 1 atom stereocenters. The lowest BCUT2D eigenvalue weighted by Gasteiger charge is -2.18. The van der Waals surface area contributed by atoms with Gasteiger partial charge in [0.05, 0.1) is 23.0 Å². The van der Waals surface area contributed by atoms with Crippen molar-refractivity contribution in [3.05, 3.63) is 70.9 Å². The maximum atomic E-state index is 14.4. The lowest BCUT2D eigenvalue weighted by Crippen LogP contribution is -2.31. The van der Waals surface area contributed by atoms with Gasteiger partial charge in [-0.15, -0.1) is 0 Å². The number of halogens is 2. The van der Waals surface area contributed by atoms with Crippen LogP contribution in [0.4, 0.5) is 15.8 Å². The maximum absolute atomic E-state index is 14.4. The van der Waals surface area contributed by atoms with E-state index in [9.17, 15) is 14.3 Å². The lowest BCUT2D eigenvalue weighted by atomic mass is 10.0. The molecule has 0 aliphatic carbocycles. The summed E-state index contributed by atoms with van der Waals surface area (Å²) in [5, 5.41) is 15.8. The van der Waals surface area contributed by atoms with E-state index in [4.69, 9.17) is 11.6 Å². The monoisotopic (exact) mass is 442 g/mol. The van der Waals surface area contributed by atoms with E-state index >= 15 is 0 Å². The molecule has 162 valence electrons. The Morgan fingerprint density at radius 3 is 2.65 bits per heavy atom. The van der Waals surface area contributed by atoms with Gasteiger partial charge in [0.25, 0.3) is 5.91 Å². The number of amides is 1. The van der Waals surface area contributed by atoms with Gasteiger partial charge in [0.15, 0.2) is 0 Å². The predicted molar refractivity (Wildman–Crippen MR) is 120 cm³/mol. The van der Waals surface area contributed by atoms with Gasteiger partial charge in [-0.05, 0) is 48.7 Å². The zero-order valence-corrected chi connectivity index (χ0v) is 18.2. The molecule has 0 spiro atoms. The summed E-state index contributed by atoms with van der Waals surface area (Å²) in [4.78, 5) is 21.0. The number of carbonyl (C=O) groups is 1. The number of aromatic nitrogens is 2. The highest BCUT2D eigenvalue weighted by Gasteiger charge is 2.17. The standard InChI is InChI=1S/C23H24ClFN4O2/c1-13(2)17-12-27-21(16-8-15(24)4-5-19(16)25)9-22(17)29-20-6-7-26-11-18(20)23(31)28-10-14(3)30/h4-9,11-14,30H,10H2,1-3H3,(H,28,31)(H,26,27,29). The van der Waals surface area contributed by atoms with Crippen molar-refractivity contribution in [3.8, 4) is 11.3 Å². The van der Waals surface area contributed by atoms with Crippen molar-refractivity contribution < 1.29 is 14.3 Å². The van der Waals surface area contributed by atoms with E-state index in [-0.39, 0.29) is 23.9 Å². The Kier molecular flexibility index (Phi) is 7.20. The van der Waals surface area contributed by atoms with Crippen molar-refractivity contribution in [3.63, 3.8) is 0 Å². The first-order valence-corrected chi connectivity index (χ1v) is 10.3. The van der Waals surface area contributed by atoms with Gasteiger partial charge >= 0.3 is 0 Å². The molecule has 1 amide bonds. The van der Waals surface area contributed by atoms with Gasteiger partial charge in [0.2, 0.25) is 0 Å². The van der Waals surface area contributed by atoms with Gasteiger partial charge in [-0.2, -0.15) is 0 Å². The number of nitrogens with one attached hydrogen (secondary N) is 2. The van der Waals surface area contributed by atoms with Crippen LogP contribution < -0.4 is 10.6 Å². The van der Waals surface area contributed by atoms with E-state index in [2.05, 4.69) is 20.6 Å². The van der Waals surface area contributed by atoms with Crippen molar-refractivity contribution >= 4 is 28.9 Å². The number of pyridine rings is 2. The molecule has 0 fully saturated rings. The Hall–Kier alpha value is -3.03. The molecular weight excluding hydrogens is 419 g/mol. The van der Waals surface area contributed by atoms with Crippen LogP contribution in [0.25, 0.3) is 11.3 Å². The summed E-state index contributed by atoms with van der Waals surface area (Å²) >= 11 is 6.05. The number of anilines is 2. The Morgan fingerprint density at radius 2 is 1.94 bits per heavy atom. The molecule has 0 radical (unpaired) electrons. The van der Waals surface area contributed by atoms with Crippen LogP contribution in [0.3, 0.4) is 0 Å². The van der Waals surface area contributed by atoms with Crippen molar-refractivity contribution in [1.29, 1.82) is 0 Å². The van der Waals surface area contributed by atoms with Gasteiger partial charge in [-0.25, -0.2) is 4.39 Å². The molecule has 0 saturated heterocycles. The predicted octanol–water partition coefficient (Wildman–Crippen LogP) is 4.91. The van der Waals surface area contributed by atoms with Gasteiger partial charge in [0.1, 0.15) is 5.82 Å². The van der Waals surface area contributed by atoms with E-state index in [0.29, 0.717) is 27.7 Å². The second-order valence-electron chi connectivity index (χ2n) is 7.54. The smallest absolute Gasteiger partial charge is 0.255 e. The molecule has 3 rings (SSSR count). The second-order valence-corrected chi connectivity index (χ2v) is 7.98. The van der Waals surface area contributed by atoms with E-state index < -0.39 is 11.9 Å². The van der Waals surface area contributed by atoms with E-state index in [1.807, 2.05) is 13.8 Å². The molecule has 6 nitrogen and oxygen atoms in total. The van der Waals surface area contributed by atoms with E-state index in [0.717, 1.165) is 5.56 Å². The molecule has 2 heterocycles. The quantitative estimate of drug-likeness (QED) is 0.483. The molecule has 0 aliphatic rings. The lowest BCUT2D eigenvalue weighted by molar-refractivity contribution is 0.0924. The number of hydrogen-bond donors (Lipinski definition) is 3. The number of carbonyl (C=O) groups excluding carboxylic acids is 1. The highest BCUT2D eigenvalue weighted by Crippen LogP contribution is 2.33. The fourth-order valence-corrected chi connectivity index (χ4v) is 3.21. The van der Waals surface area contributed by atoms with E-state index in [1.54, 1.807) is 31.5 Å². The molecule has 1 unspecified atom stereocenters. The SMILES string of the molecule is CC(O)CNC(=O)c1cnccc1Nc1cc(-c2cc(Cl)ccc2F)ncc1C(C)C. The molecule has 0 bridgehead atoms. The molecular formula is C23H24ClFN4O2. The molecule has 3 aromatic rings. The summed E-state index contributed by atoms with van der Waals surface area (Å²) in [5.41, 5.74) is 3.15.